The first-order valence-electron chi connectivity index (χ1n) is 27.2. The van der Waals surface area contributed by atoms with Crippen LogP contribution in [0.25, 0.3) is 0 Å². The summed E-state index contributed by atoms with van der Waals surface area (Å²) in [7, 11) is 0. The average Bonchev–Trinajstić information content (AvgIpc) is 3.65. The Bertz CT molecular complexity index is 2780. The quantitative estimate of drug-likeness (QED) is 0.0127. The van der Waals surface area contributed by atoms with Gasteiger partial charge in [-0.1, -0.05) is 30.7 Å². The summed E-state index contributed by atoms with van der Waals surface area (Å²) in [5.41, 5.74) is 33.1. The van der Waals surface area contributed by atoms with Crippen molar-refractivity contribution in [3.05, 3.63) is 59.7 Å². The van der Waals surface area contributed by atoms with Crippen LogP contribution in [0.15, 0.2) is 53.5 Å². The van der Waals surface area contributed by atoms with Crippen molar-refractivity contribution >= 4 is 95.5 Å². The number of carbonyl (C=O) groups is 13. The predicted octanol–water partition coefficient (Wildman–Crippen LogP) is -8.63. The number of aliphatic imine (C=N–C) groups is 1. The van der Waals surface area contributed by atoms with Crippen LogP contribution in [0.5, 0.6) is 11.5 Å². The van der Waals surface area contributed by atoms with Crippen molar-refractivity contribution in [3.63, 3.8) is 0 Å². The van der Waals surface area contributed by atoms with Crippen molar-refractivity contribution < 1.29 is 93.0 Å². The number of thiol groups is 1. The second kappa shape index (κ2) is 38.6. The molecule has 0 heterocycles. The van der Waals surface area contributed by atoms with Crippen LogP contribution in [0, 0.1) is 0 Å². The van der Waals surface area contributed by atoms with Crippen LogP contribution in [-0.2, 0) is 75.2 Å². The Morgan fingerprint density at radius 3 is 1.26 bits per heavy atom. The van der Waals surface area contributed by atoms with E-state index in [1.165, 1.54) is 48.5 Å². The summed E-state index contributed by atoms with van der Waals surface area (Å²) < 4.78 is 0. The normalized spacial score (nSPS) is 14.3. The molecule has 10 atom stereocenters. The summed E-state index contributed by atoms with van der Waals surface area (Å²) in [6.07, 6.45) is -2.87. The summed E-state index contributed by atoms with van der Waals surface area (Å²) >= 11 is 4.15. The van der Waals surface area contributed by atoms with Gasteiger partial charge >= 0.3 is 11.9 Å². The molecule has 0 aliphatic carbocycles. The van der Waals surface area contributed by atoms with Gasteiger partial charge in [0.25, 0.3) is 0 Å². The van der Waals surface area contributed by atoms with Crippen LogP contribution in [0.4, 0.5) is 0 Å². The molecule has 0 saturated carbocycles. The smallest absolute Gasteiger partial charge is 0.326 e. The first kappa shape index (κ1) is 74.7. The zero-order valence-electron chi connectivity index (χ0n) is 47.6. The van der Waals surface area contributed by atoms with Gasteiger partial charge in [0.15, 0.2) is 5.96 Å². The van der Waals surface area contributed by atoms with E-state index >= 15 is 0 Å². The van der Waals surface area contributed by atoms with Crippen LogP contribution >= 0.6 is 12.6 Å². The SMILES string of the molecule is NCCCC[C@H](N)C(=O)N[C@@H](CC(N)=O)C(=O)N[C@@H](CC(=O)O)C(=O)N[C@@H](Cc1ccc(O)cc1)C(=O)N[C@@H](CS)C(=O)N[C@@H](CO)C(=O)N[C@@H](Cc1ccc(O)cc1)C(=O)N[C@@H](CO)C(=O)N[C@@H](CCCN=C(N)N)C(=O)N[C@@H](CCC(N)=O)C(=O)O. The highest BCUT2D eigenvalue weighted by molar-refractivity contribution is 7.80. The molecular weight excluding hydrogens is 1180 g/mol. The Kier molecular flexibility index (Phi) is 32.8. The van der Waals surface area contributed by atoms with Crippen LogP contribution in [0.2, 0.25) is 0 Å². The molecule has 35 nitrogen and oxygen atoms in total. The van der Waals surface area contributed by atoms with Crippen LogP contribution in [0.3, 0.4) is 0 Å². The third kappa shape index (κ3) is 27.8. The fourth-order valence-corrected chi connectivity index (χ4v) is 8.20. The summed E-state index contributed by atoms with van der Waals surface area (Å²) in [5, 5.41) is 80.3. The van der Waals surface area contributed by atoms with E-state index in [-0.39, 0.29) is 54.4 Å². The van der Waals surface area contributed by atoms with Gasteiger partial charge in [0.2, 0.25) is 65.0 Å². The first-order chi connectivity index (χ1) is 41.5. The van der Waals surface area contributed by atoms with Gasteiger partial charge in [-0.3, -0.25) is 62.5 Å². The molecule has 0 unspecified atom stereocenters. The minimum Gasteiger partial charge on any atom is -0.508 e. The molecule has 0 aliphatic heterocycles. The van der Waals surface area contributed by atoms with E-state index in [0.717, 1.165) is 0 Å². The predicted molar refractivity (Wildman–Crippen MR) is 312 cm³/mol. The maximum absolute atomic E-state index is 14.1. The summed E-state index contributed by atoms with van der Waals surface area (Å²) in [4.78, 5) is 174. The first-order valence-corrected chi connectivity index (χ1v) is 27.8. The monoisotopic (exact) mass is 1260 g/mol. The molecule has 36 heteroatoms. The largest absolute Gasteiger partial charge is 0.508 e. The number of phenols is 2. The number of aliphatic carboxylic acids is 2. The summed E-state index contributed by atoms with van der Waals surface area (Å²) in [6.45, 7) is -2.10. The van der Waals surface area contributed by atoms with E-state index in [1.807, 2.05) is 0 Å². The van der Waals surface area contributed by atoms with Gasteiger partial charge in [0.05, 0.1) is 32.1 Å². The van der Waals surface area contributed by atoms with E-state index in [2.05, 4.69) is 65.5 Å². The Morgan fingerprint density at radius 2 is 0.841 bits per heavy atom. The molecule has 0 fully saturated rings. The molecule has 88 heavy (non-hydrogen) atoms. The van der Waals surface area contributed by atoms with Crippen molar-refractivity contribution in [2.24, 2.45) is 39.4 Å². The fraction of sp³-hybridized carbons (Fsp3) is 0.500. The molecule has 11 amide bonds. The molecule has 2 aromatic carbocycles. The summed E-state index contributed by atoms with van der Waals surface area (Å²) in [6, 6.07) is -6.98. The lowest BCUT2D eigenvalue weighted by Crippen LogP contribution is -2.62. The molecule has 0 spiro atoms. The second-order valence-electron chi connectivity index (χ2n) is 19.8. The van der Waals surface area contributed by atoms with Gasteiger partial charge in [-0.25, -0.2) is 4.79 Å². The zero-order chi connectivity index (χ0) is 66.2. The lowest BCUT2D eigenvalue weighted by Gasteiger charge is -2.27. The number of guanidine groups is 1. The van der Waals surface area contributed by atoms with Crippen LogP contribution in [0.1, 0.15) is 68.9 Å². The highest BCUT2D eigenvalue weighted by atomic mass is 32.1. The molecular formula is C52H78N16O19S. The van der Waals surface area contributed by atoms with Gasteiger partial charge in [-0.15, -0.1) is 0 Å². The van der Waals surface area contributed by atoms with Gasteiger partial charge in [-0.2, -0.15) is 12.6 Å². The number of nitrogens with two attached hydrogens (primary N) is 6. The summed E-state index contributed by atoms with van der Waals surface area (Å²) in [5.74, 6) is -17.0. The number of benzene rings is 2. The molecule has 0 bridgehead atoms. The number of nitrogens with one attached hydrogen (secondary N) is 9. The number of rotatable bonds is 41. The minimum absolute atomic E-state index is 0.0101. The molecule has 0 aliphatic rings. The number of hydrogen-bond donors (Lipinski definition) is 22. The Labute approximate surface area is 508 Å². The number of carboxylic acids is 2. The maximum atomic E-state index is 14.1. The second-order valence-corrected chi connectivity index (χ2v) is 20.2. The Balaban J connectivity index is 2.44. The number of aliphatic hydroxyl groups is 2. The van der Waals surface area contributed by atoms with Crippen molar-refractivity contribution in [2.45, 2.75) is 131 Å². The molecule has 27 N–H and O–H groups in total. The highest BCUT2D eigenvalue weighted by Crippen LogP contribution is 2.15. The van der Waals surface area contributed by atoms with Gasteiger partial charge in [-0.05, 0) is 74.0 Å². The number of nitrogens with zero attached hydrogens (tertiary/aromatic N) is 1. The lowest BCUT2D eigenvalue weighted by atomic mass is 10.0. The number of unbranched alkanes of at least 4 members (excludes halogenated alkanes) is 1. The maximum Gasteiger partial charge on any atom is 0.326 e. The number of aromatic hydroxyl groups is 2. The average molecular weight is 1260 g/mol. The zero-order valence-corrected chi connectivity index (χ0v) is 48.4. The van der Waals surface area contributed by atoms with Crippen molar-refractivity contribution in [1.82, 2.24) is 47.9 Å². The van der Waals surface area contributed by atoms with Crippen molar-refractivity contribution in [2.75, 3.05) is 32.1 Å². The number of carbonyl (C=O) groups excluding carboxylic acids is 11. The molecule has 0 saturated heterocycles. The van der Waals surface area contributed by atoms with Gasteiger partial charge in [0.1, 0.15) is 65.9 Å². The van der Waals surface area contributed by atoms with Crippen LogP contribution < -0.4 is 82.3 Å². The molecule has 2 rings (SSSR count). The van der Waals surface area contributed by atoms with E-state index < -0.39 is 195 Å². The molecule has 2 aromatic rings. The van der Waals surface area contributed by atoms with E-state index in [0.29, 0.717) is 19.4 Å². The van der Waals surface area contributed by atoms with Crippen molar-refractivity contribution in [3.8, 4) is 11.5 Å². The minimum atomic E-state index is -2.02. The number of amides is 11. The lowest BCUT2D eigenvalue weighted by molar-refractivity contribution is -0.143. The molecule has 0 radical (unpaired) electrons. The molecule has 0 aromatic heterocycles. The van der Waals surface area contributed by atoms with Crippen LogP contribution in [-0.4, -0.2) is 206 Å². The van der Waals surface area contributed by atoms with Crippen molar-refractivity contribution in [1.29, 1.82) is 0 Å². The fourth-order valence-electron chi connectivity index (χ4n) is 7.94. The number of hydrogen-bond acceptors (Lipinski definition) is 21. The third-order valence-electron chi connectivity index (χ3n) is 12.7. The number of primary amides is 2. The van der Waals surface area contributed by atoms with E-state index in [1.54, 1.807) is 0 Å². The highest BCUT2D eigenvalue weighted by Gasteiger charge is 2.36. The van der Waals surface area contributed by atoms with E-state index in [9.17, 15) is 93.0 Å². The van der Waals surface area contributed by atoms with E-state index in [4.69, 9.17) is 34.4 Å². The standard InChI is InChI=1S/C52H78N16O19S/c53-16-2-1-4-29(54)42(77)62-34(20-40(56)74)46(81)65-35(21-41(75)76)47(82)63-33(19-26-8-12-28(72)13-9-26)45(80)68-38(24-88)50(85)67-37(23-70)49(84)64-32(18-25-6-10-27(71)11-7-25)44(79)66-36(22-69)48(83)60-30(5-3-17-59-52(57)58)43(78)61-31(51(86)87)14-15-39(55)73/h6-13,29-38,69-72,88H,1-5,14-24,53-54H2,(H2,55,73)(H2,56,74)(H,60,83)(H,61,78)(H,62,77)(H,63,82)(H,64,84)(H,65,81)(H,66,79)(H,67,85)(H,68,80)(H,75,76)(H,86,87)(H4,57,58,59)/t29-,30-,31-,32-,33-,34-,35-,36-,37-,38-/m0/s1. The third-order valence-corrected chi connectivity index (χ3v) is 13.1. The number of carboxylic acid groups (broad SMARTS) is 2. The number of aliphatic hydroxyl groups excluding tert-OH is 2. The van der Waals surface area contributed by atoms with Gasteiger partial charge < -0.3 is 113 Å². The topological polar surface area (TPSA) is 620 Å². The Morgan fingerprint density at radius 1 is 0.455 bits per heavy atom. The number of phenolic OH excluding ortho intramolecular Hbond substituents is 2. The van der Waals surface area contributed by atoms with Gasteiger partial charge in [0, 0.05) is 31.6 Å². The Hall–Kier alpha value is -9.39. The molecule has 486 valence electrons.